The summed E-state index contributed by atoms with van der Waals surface area (Å²) >= 11 is 0. The fourth-order valence-corrected chi connectivity index (χ4v) is 3.97. The van der Waals surface area contributed by atoms with Crippen molar-refractivity contribution >= 4 is 44.0 Å². The maximum atomic E-state index is 11.0. The molecule has 0 aliphatic rings. The molecule has 2 aromatic carbocycles. The number of hydrogen-bond acceptors (Lipinski definition) is 10. The minimum absolute atomic E-state index is 0. The number of aromatic nitrogens is 2. The Morgan fingerprint density at radius 1 is 0.564 bits per heavy atom. The van der Waals surface area contributed by atoms with Crippen LogP contribution < -0.4 is 0 Å². The third-order valence-corrected chi connectivity index (χ3v) is 6.08. The van der Waals surface area contributed by atoms with Crippen LogP contribution in [0, 0.1) is 0 Å². The van der Waals surface area contributed by atoms with Gasteiger partial charge in [0.05, 0.1) is 45.0 Å². The van der Waals surface area contributed by atoms with Crippen LogP contribution in [-0.2, 0) is 47.5 Å². The first-order valence-corrected chi connectivity index (χ1v) is 13.0. The van der Waals surface area contributed by atoms with Gasteiger partial charge in [-0.15, -0.1) is 0 Å². The van der Waals surface area contributed by atoms with E-state index in [2.05, 4.69) is 20.0 Å². The molecule has 0 bridgehead atoms. The van der Waals surface area contributed by atoms with E-state index < -0.39 is 20.2 Å². The molecule has 0 aliphatic heterocycles. The van der Waals surface area contributed by atoms with Gasteiger partial charge in [0.15, 0.2) is 0 Å². The van der Waals surface area contributed by atoms with Gasteiger partial charge in [0.2, 0.25) is 0 Å². The molecule has 2 heterocycles. The number of para-hydroxylation sites is 2. The Kier molecular flexibility index (Phi) is 15.3. The minimum atomic E-state index is -4.52. The van der Waals surface area contributed by atoms with E-state index in [4.69, 9.17) is 0 Å². The average molecular weight is 671 g/mol. The molecule has 4 aromatic rings. The summed E-state index contributed by atoms with van der Waals surface area (Å²) in [5.41, 5.74) is 1.38. The van der Waals surface area contributed by atoms with E-state index in [0.29, 0.717) is 11.4 Å². The van der Waals surface area contributed by atoms with Gasteiger partial charge in [0.1, 0.15) is 20.2 Å². The van der Waals surface area contributed by atoms with Gasteiger partial charge < -0.3 is 20.1 Å². The second-order valence-corrected chi connectivity index (χ2v) is 9.57. The van der Waals surface area contributed by atoms with Crippen molar-refractivity contribution in [2.24, 2.45) is 9.98 Å². The summed E-state index contributed by atoms with van der Waals surface area (Å²) in [4.78, 5) is 15.3. The number of hydrogen-bond donors (Lipinski definition) is 0. The second kappa shape index (κ2) is 16.6. The van der Waals surface area contributed by atoms with Gasteiger partial charge in [-0.3, -0.25) is 20.0 Å². The van der Waals surface area contributed by atoms with Crippen LogP contribution in [0.1, 0.15) is 11.4 Å². The number of pyridine rings is 2. The Balaban J connectivity index is 0.000000688. The van der Waals surface area contributed by atoms with Crippen molar-refractivity contribution in [3.63, 3.8) is 0 Å². The van der Waals surface area contributed by atoms with Gasteiger partial charge in [-0.2, -0.15) is 0 Å². The quantitative estimate of drug-likeness (QED) is 0.166. The molecule has 0 radical (unpaired) electrons. The van der Waals surface area contributed by atoms with E-state index in [1.165, 1.54) is 48.8 Å². The zero-order valence-corrected chi connectivity index (χ0v) is 25.8. The molecule has 0 amide bonds. The number of nitrogens with zero attached hydrogens (tertiary/aromatic N) is 4. The first-order chi connectivity index (χ1) is 17.1. The second-order valence-electron chi connectivity index (χ2n) is 6.87. The van der Waals surface area contributed by atoms with Crippen LogP contribution in [0.25, 0.3) is 0 Å². The van der Waals surface area contributed by atoms with Crippen molar-refractivity contribution in [2.75, 3.05) is 0 Å². The SMILES string of the molecule is O.O.O=S(=O)([O-])c1ccccc1N=Cc1ccccn1.O=S(=O)([O-])c1ccccc1N=Cc1ccccn1.[Cd+2]. The predicted molar refractivity (Wildman–Crippen MR) is 139 cm³/mol. The summed E-state index contributed by atoms with van der Waals surface area (Å²) < 4.78 is 66.1. The molecule has 39 heavy (non-hydrogen) atoms. The van der Waals surface area contributed by atoms with Crippen LogP contribution in [-0.4, -0.2) is 59.3 Å². The van der Waals surface area contributed by atoms with Gasteiger partial charge in [-0.25, -0.2) is 16.8 Å². The molecule has 15 heteroatoms. The van der Waals surface area contributed by atoms with Crippen molar-refractivity contribution in [3.05, 3.63) is 109 Å². The Labute approximate surface area is 245 Å². The zero-order valence-electron chi connectivity index (χ0n) is 20.2. The predicted octanol–water partition coefficient (Wildman–Crippen LogP) is 1.82. The van der Waals surface area contributed by atoms with E-state index >= 15 is 0 Å². The van der Waals surface area contributed by atoms with E-state index in [1.807, 2.05) is 0 Å². The van der Waals surface area contributed by atoms with Crippen LogP contribution >= 0.6 is 0 Å². The third kappa shape index (κ3) is 11.6. The van der Waals surface area contributed by atoms with Gasteiger partial charge in [0, 0.05) is 12.4 Å². The molecule has 0 unspecified atom stereocenters. The van der Waals surface area contributed by atoms with E-state index in [9.17, 15) is 25.9 Å². The molecule has 200 valence electrons. The molecule has 4 rings (SSSR count). The van der Waals surface area contributed by atoms with Gasteiger partial charge >= 0.3 is 27.3 Å². The maximum absolute atomic E-state index is 11.0. The third-order valence-electron chi connectivity index (χ3n) is 4.32. The fourth-order valence-electron chi connectivity index (χ4n) is 2.73. The average Bonchev–Trinajstić information content (AvgIpc) is 2.87. The normalized spacial score (nSPS) is 10.9. The summed E-state index contributed by atoms with van der Waals surface area (Å²) in [7, 11) is -9.04. The van der Waals surface area contributed by atoms with Crippen LogP contribution in [0.3, 0.4) is 0 Å². The molecule has 2 aromatic heterocycles. The zero-order chi connectivity index (χ0) is 26.0. The van der Waals surface area contributed by atoms with Crippen LogP contribution in [0.4, 0.5) is 11.4 Å². The molecule has 0 fully saturated rings. The van der Waals surface area contributed by atoms with Crippen molar-refractivity contribution in [1.29, 1.82) is 0 Å². The number of aliphatic imine (C=N–C) groups is 2. The Morgan fingerprint density at radius 2 is 0.897 bits per heavy atom. The Morgan fingerprint density at radius 3 is 1.21 bits per heavy atom. The monoisotopic (exact) mass is 672 g/mol. The summed E-state index contributed by atoms with van der Waals surface area (Å²) in [5.74, 6) is 0. The van der Waals surface area contributed by atoms with E-state index in [-0.39, 0.29) is 59.4 Å². The van der Waals surface area contributed by atoms with Gasteiger partial charge in [0.25, 0.3) is 0 Å². The molecule has 0 saturated carbocycles. The first kappa shape index (κ1) is 35.7. The summed E-state index contributed by atoms with van der Waals surface area (Å²) in [5, 5.41) is 0. The number of benzene rings is 2. The summed E-state index contributed by atoms with van der Waals surface area (Å²) in [6.07, 6.45) is 6.00. The molecule has 0 spiro atoms. The van der Waals surface area contributed by atoms with Gasteiger partial charge in [-0.1, -0.05) is 36.4 Å². The maximum Gasteiger partial charge on any atom is 2.00 e. The van der Waals surface area contributed by atoms with Gasteiger partial charge in [-0.05, 0) is 48.5 Å². The summed E-state index contributed by atoms with van der Waals surface area (Å²) in [6.45, 7) is 0. The van der Waals surface area contributed by atoms with Crippen LogP contribution in [0.15, 0.2) is 117 Å². The molecule has 0 saturated heterocycles. The number of rotatable bonds is 6. The molecular weight excluding hydrogens is 649 g/mol. The molecule has 4 N–H and O–H groups in total. The van der Waals surface area contributed by atoms with Crippen molar-refractivity contribution in [2.45, 2.75) is 9.79 Å². The smallest absolute Gasteiger partial charge is 0.744 e. The van der Waals surface area contributed by atoms with Crippen LogP contribution in [0.5, 0.6) is 0 Å². The molecule has 0 aliphatic carbocycles. The summed E-state index contributed by atoms with van der Waals surface area (Å²) in [6, 6.07) is 22.1. The van der Waals surface area contributed by atoms with Crippen LogP contribution in [0.2, 0.25) is 0 Å². The van der Waals surface area contributed by atoms with Crippen molar-refractivity contribution < 1.29 is 64.2 Å². The van der Waals surface area contributed by atoms with E-state index in [1.54, 1.807) is 60.9 Å². The molecular formula is C24H22CdN4O8S2. The van der Waals surface area contributed by atoms with E-state index in [0.717, 1.165) is 0 Å². The first-order valence-electron chi connectivity index (χ1n) is 10.1. The Hall–Kier alpha value is -3.26. The topological polar surface area (TPSA) is 228 Å². The molecule has 0 atom stereocenters. The minimum Gasteiger partial charge on any atom is -0.744 e. The standard InChI is InChI=1S/2C12H10N2O3S.Cd.2H2O/c2*15-18(16,17)12-7-2-1-6-11(12)14-9-10-5-3-4-8-13-10;;;/h2*1-9H,(H,15,16,17);;2*1H2/q;;+2;;/p-2. The van der Waals surface area contributed by atoms with Crippen molar-refractivity contribution in [1.82, 2.24) is 9.97 Å². The fraction of sp³-hybridized carbons (Fsp3) is 0. The largest absolute Gasteiger partial charge is 2.00 e. The van der Waals surface area contributed by atoms with Crippen molar-refractivity contribution in [3.8, 4) is 0 Å². The Bertz CT molecular complexity index is 1470. The molecule has 12 nitrogen and oxygen atoms in total.